The molecule has 4 aliphatic carbocycles. The van der Waals surface area contributed by atoms with E-state index in [0.29, 0.717) is 35.9 Å². The van der Waals surface area contributed by atoms with Crippen molar-refractivity contribution >= 4 is 17.7 Å². The second-order valence-corrected chi connectivity index (χ2v) is 11.1. The van der Waals surface area contributed by atoms with E-state index in [2.05, 4.69) is 13.8 Å². The lowest BCUT2D eigenvalue weighted by Gasteiger charge is -2.60. The number of carbonyl (C=O) groups excluding carboxylic acids is 3. The highest BCUT2D eigenvalue weighted by Gasteiger charge is 2.64. The lowest BCUT2D eigenvalue weighted by atomic mass is 9.44. The van der Waals surface area contributed by atoms with Crippen LogP contribution >= 0.6 is 0 Å². The summed E-state index contributed by atoms with van der Waals surface area (Å²) in [5, 5.41) is 0. The van der Waals surface area contributed by atoms with Crippen LogP contribution in [-0.4, -0.2) is 29.9 Å². The molecule has 9 atom stereocenters. The number of ketones is 1. The van der Waals surface area contributed by atoms with E-state index in [-0.39, 0.29) is 40.9 Å². The average molecular weight is 419 g/mol. The van der Waals surface area contributed by atoms with Crippen LogP contribution in [0.4, 0.5) is 0 Å². The topological polar surface area (TPSA) is 69.7 Å². The zero-order valence-electron chi connectivity index (χ0n) is 19.2. The Morgan fingerprint density at radius 3 is 2.40 bits per heavy atom. The highest BCUT2D eigenvalue weighted by Crippen LogP contribution is 2.67. The number of carbonyl (C=O) groups is 3. The van der Waals surface area contributed by atoms with Crippen molar-refractivity contribution in [3.8, 4) is 0 Å². The van der Waals surface area contributed by atoms with Gasteiger partial charge in [0.05, 0.1) is 0 Å². The Kier molecular flexibility index (Phi) is 5.55. The molecular weight excluding hydrogens is 380 g/mol. The minimum absolute atomic E-state index is 0.0436. The third-order valence-electron chi connectivity index (χ3n) is 9.80. The second kappa shape index (κ2) is 7.63. The minimum Gasteiger partial charge on any atom is -0.463 e. The van der Waals surface area contributed by atoms with E-state index in [9.17, 15) is 14.4 Å². The molecule has 0 spiro atoms. The molecule has 0 saturated heterocycles. The van der Waals surface area contributed by atoms with E-state index in [1.807, 2.05) is 6.92 Å². The summed E-state index contributed by atoms with van der Waals surface area (Å²) in [5.41, 5.74) is -0.204. The average Bonchev–Trinajstić information content (AvgIpc) is 3.01. The molecule has 30 heavy (non-hydrogen) atoms. The quantitative estimate of drug-likeness (QED) is 0.621. The van der Waals surface area contributed by atoms with E-state index >= 15 is 0 Å². The van der Waals surface area contributed by atoms with Gasteiger partial charge >= 0.3 is 11.9 Å². The van der Waals surface area contributed by atoms with Gasteiger partial charge in [0.2, 0.25) is 0 Å². The number of fused-ring (bicyclic) bond motifs is 5. The van der Waals surface area contributed by atoms with Gasteiger partial charge in [-0.2, -0.15) is 0 Å². The van der Waals surface area contributed by atoms with E-state index in [0.717, 1.165) is 32.1 Å². The molecule has 0 aliphatic heterocycles. The van der Waals surface area contributed by atoms with Crippen molar-refractivity contribution in [2.45, 2.75) is 98.2 Å². The molecule has 0 aromatic carbocycles. The van der Waals surface area contributed by atoms with Crippen LogP contribution in [0.5, 0.6) is 0 Å². The first-order valence-corrected chi connectivity index (χ1v) is 11.9. The molecule has 0 radical (unpaired) electrons. The van der Waals surface area contributed by atoms with Crippen LogP contribution in [0.2, 0.25) is 0 Å². The Hall–Kier alpha value is -1.39. The van der Waals surface area contributed by atoms with Crippen LogP contribution in [0.15, 0.2) is 0 Å². The fraction of sp³-hybridized carbons (Fsp3) is 0.880. The van der Waals surface area contributed by atoms with Crippen LogP contribution < -0.4 is 0 Å². The fourth-order valence-electron chi connectivity index (χ4n) is 8.40. The van der Waals surface area contributed by atoms with Gasteiger partial charge in [-0.25, -0.2) is 0 Å². The summed E-state index contributed by atoms with van der Waals surface area (Å²) in [5.74, 6) is 2.02. The summed E-state index contributed by atoms with van der Waals surface area (Å²) < 4.78 is 11.1. The molecule has 0 heterocycles. The minimum atomic E-state index is -0.367. The molecule has 4 saturated carbocycles. The summed E-state index contributed by atoms with van der Waals surface area (Å²) in [6.07, 6.45) is 7.77. The highest BCUT2D eigenvalue weighted by atomic mass is 16.5. The van der Waals surface area contributed by atoms with E-state index in [1.54, 1.807) is 0 Å². The normalized spacial score (nSPS) is 46.2. The lowest BCUT2D eigenvalue weighted by molar-refractivity contribution is -0.171. The number of esters is 2. The van der Waals surface area contributed by atoms with Crippen LogP contribution in [0.3, 0.4) is 0 Å². The van der Waals surface area contributed by atoms with Crippen LogP contribution in [-0.2, 0) is 23.9 Å². The first-order valence-electron chi connectivity index (χ1n) is 11.9. The van der Waals surface area contributed by atoms with E-state index in [4.69, 9.17) is 9.47 Å². The Balaban J connectivity index is 1.55. The molecule has 0 aromatic rings. The summed E-state index contributed by atoms with van der Waals surface area (Å²) >= 11 is 0. The molecule has 168 valence electrons. The second-order valence-electron chi connectivity index (χ2n) is 11.1. The predicted octanol–water partition coefficient (Wildman–Crippen LogP) is 4.71. The summed E-state index contributed by atoms with van der Waals surface area (Å²) in [6.45, 7) is 9.49. The Bertz CT molecular complexity index is 731. The first kappa shape index (κ1) is 21.8. The molecule has 0 amide bonds. The summed E-state index contributed by atoms with van der Waals surface area (Å²) in [7, 11) is 0. The fourth-order valence-corrected chi connectivity index (χ4v) is 8.40. The van der Waals surface area contributed by atoms with Gasteiger partial charge in [-0.15, -0.1) is 0 Å². The van der Waals surface area contributed by atoms with Crippen molar-refractivity contribution in [3.05, 3.63) is 0 Å². The molecule has 0 aromatic heterocycles. The summed E-state index contributed by atoms with van der Waals surface area (Å²) in [4.78, 5) is 36.6. The molecule has 5 nitrogen and oxygen atoms in total. The van der Waals surface area contributed by atoms with E-state index < -0.39 is 0 Å². The van der Waals surface area contributed by atoms with Crippen molar-refractivity contribution in [3.63, 3.8) is 0 Å². The van der Waals surface area contributed by atoms with Crippen LogP contribution in [0.25, 0.3) is 0 Å². The number of rotatable bonds is 3. The lowest BCUT2D eigenvalue weighted by Crippen LogP contribution is -2.58. The van der Waals surface area contributed by atoms with Gasteiger partial charge < -0.3 is 9.47 Å². The highest BCUT2D eigenvalue weighted by molar-refractivity contribution is 5.87. The van der Waals surface area contributed by atoms with Crippen molar-refractivity contribution in [1.29, 1.82) is 0 Å². The van der Waals surface area contributed by atoms with Crippen LogP contribution in [0, 0.1) is 40.4 Å². The third kappa shape index (κ3) is 3.31. The zero-order chi connectivity index (χ0) is 21.8. The Morgan fingerprint density at radius 1 is 1.00 bits per heavy atom. The summed E-state index contributed by atoms with van der Waals surface area (Å²) in [6, 6.07) is 0. The maximum atomic E-state index is 13.7. The number of Topliss-reactive ketones (excluding diaryl/α,β-unsaturated/α-hetero) is 1. The van der Waals surface area contributed by atoms with Crippen molar-refractivity contribution in [1.82, 2.24) is 0 Å². The van der Waals surface area contributed by atoms with Gasteiger partial charge in [-0.1, -0.05) is 13.8 Å². The standard InChI is InChI=1S/C25H38O5/c1-14(29-15(2)26)20-8-9-21-19-7-6-17-12-18(30-16(3)27)10-11-24(17,4)22(19)13-23(28)25(20,21)5/h14,17-22H,6-13H2,1-5H3/t14-,17-,18+,19+,20-,21+,22+,24+,25-/m1/s1. The third-order valence-corrected chi connectivity index (χ3v) is 9.80. The van der Waals surface area contributed by atoms with Gasteiger partial charge in [0.25, 0.3) is 0 Å². The molecule has 0 unspecified atom stereocenters. The Morgan fingerprint density at radius 2 is 1.73 bits per heavy atom. The number of hydrogen-bond donors (Lipinski definition) is 0. The molecule has 5 heteroatoms. The van der Waals surface area contributed by atoms with Gasteiger partial charge in [0.1, 0.15) is 18.0 Å². The zero-order valence-corrected chi connectivity index (χ0v) is 19.2. The number of hydrogen-bond acceptors (Lipinski definition) is 5. The van der Waals surface area contributed by atoms with E-state index in [1.165, 1.54) is 26.7 Å². The largest absolute Gasteiger partial charge is 0.463 e. The number of ether oxygens (including phenoxy) is 2. The Labute approximate surface area is 180 Å². The monoisotopic (exact) mass is 418 g/mol. The molecule has 4 rings (SSSR count). The molecule has 4 aliphatic rings. The smallest absolute Gasteiger partial charge is 0.302 e. The SMILES string of the molecule is CC(=O)O[C@H]1CC[C@@]2(C)[C@H](CC[C@@H]3[C@@H]2CC(=O)[C@]2(C)[C@@H]([C@@H](C)OC(C)=O)CC[C@@H]32)C1. The molecule has 4 fully saturated rings. The first-order chi connectivity index (χ1) is 14.1. The van der Waals surface area contributed by atoms with Gasteiger partial charge in [0.15, 0.2) is 0 Å². The maximum absolute atomic E-state index is 13.7. The van der Waals surface area contributed by atoms with Crippen molar-refractivity contribution in [2.75, 3.05) is 0 Å². The van der Waals surface area contributed by atoms with Crippen molar-refractivity contribution < 1.29 is 23.9 Å². The predicted molar refractivity (Wildman–Crippen MR) is 112 cm³/mol. The molecule has 0 bridgehead atoms. The van der Waals surface area contributed by atoms with Crippen LogP contribution in [0.1, 0.15) is 86.0 Å². The maximum Gasteiger partial charge on any atom is 0.302 e. The van der Waals surface area contributed by atoms with Gasteiger partial charge in [-0.3, -0.25) is 14.4 Å². The van der Waals surface area contributed by atoms with Gasteiger partial charge in [-0.05, 0) is 81.0 Å². The molecular formula is C25H38O5. The van der Waals surface area contributed by atoms with Gasteiger partial charge in [0, 0.05) is 31.6 Å². The van der Waals surface area contributed by atoms with Crippen molar-refractivity contribution in [2.24, 2.45) is 40.4 Å². The molecule has 0 N–H and O–H groups in total.